The maximum Gasteiger partial charge on any atom is 0.138 e. The zero-order chi connectivity index (χ0) is 13.2. The SMILES string of the molecule is CCc1c(Cl)nc(C)nc1NCC1(CO)COC1. The Morgan fingerprint density at radius 1 is 1.44 bits per heavy atom. The lowest BCUT2D eigenvalue weighted by Gasteiger charge is -2.40. The van der Waals surface area contributed by atoms with Crippen LogP contribution in [-0.4, -0.2) is 41.4 Å². The van der Waals surface area contributed by atoms with Gasteiger partial charge in [-0.05, 0) is 13.3 Å². The summed E-state index contributed by atoms with van der Waals surface area (Å²) in [5.41, 5.74) is 0.728. The molecule has 1 aromatic rings. The zero-order valence-electron chi connectivity index (χ0n) is 10.7. The number of nitrogens with zero attached hydrogens (tertiary/aromatic N) is 2. The molecule has 0 atom stereocenters. The van der Waals surface area contributed by atoms with Crippen LogP contribution in [0.25, 0.3) is 0 Å². The fraction of sp³-hybridized carbons (Fsp3) is 0.667. The molecule has 0 unspecified atom stereocenters. The number of hydrogen-bond acceptors (Lipinski definition) is 5. The van der Waals surface area contributed by atoms with Gasteiger partial charge >= 0.3 is 0 Å². The largest absolute Gasteiger partial charge is 0.396 e. The van der Waals surface area contributed by atoms with E-state index in [0.29, 0.717) is 30.7 Å². The van der Waals surface area contributed by atoms with Gasteiger partial charge in [0.1, 0.15) is 16.8 Å². The number of ether oxygens (including phenoxy) is 1. The van der Waals surface area contributed by atoms with Crippen LogP contribution in [0.15, 0.2) is 0 Å². The van der Waals surface area contributed by atoms with Crippen molar-refractivity contribution >= 4 is 17.4 Å². The van der Waals surface area contributed by atoms with Crippen LogP contribution in [-0.2, 0) is 11.2 Å². The molecule has 2 heterocycles. The smallest absolute Gasteiger partial charge is 0.138 e. The van der Waals surface area contributed by atoms with Crippen LogP contribution in [0.2, 0.25) is 5.15 Å². The number of halogens is 1. The van der Waals surface area contributed by atoms with E-state index in [1.165, 1.54) is 0 Å². The quantitative estimate of drug-likeness (QED) is 0.793. The van der Waals surface area contributed by atoms with Crippen LogP contribution in [0.4, 0.5) is 5.82 Å². The molecule has 2 N–H and O–H groups in total. The Kier molecular flexibility index (Phi) is 4.04. The molecule has 6 heteroatoms. The van der Waals surface area contributed by atoms with Gasteiger partial charge in [0.15, 0.2) is 0 Å². The molecule has 1 saturated heterocycles. The van der Waals surface area contributed by atoms with E-state index >= 15 is 0 Å². The second-order valence-electron chi connectivity index (χ2n) is 4.75. The third-order valence-electron chi connectivity index (χ3n) is 3.20. The maximum absolute atomic E-state index is 9.37. The standard InChI is InChI=1S/C12H18ClN3O2/c1-3-9-10(13)15-8(2)16-11(9)14-4-12(5-17)6-18-7-12/h17H,3-7H2,1-2H3,(H,14,15,16). The minimum Gasteiger partial charge on any atom is -0.396 e. The van der Waals surface area contributed by atoms with E-state index in [0.717, 1.165) is 17.8 Å². The van der Waals surface area contributed by atoms with Crippen LogP contribution < -0.4 is 5.32 Å². The summed E-state index contributed by atoms with van der Waals surface area (Å²) in [4.78, 5) is 8.52. The molecule has 18 heavy (non-hydrogen) atoms. The first-order valence-corrected chi connectivity index (χ1v) is 6.43. The summed E-state index contributed by atoms with van der Waals surface area (Å²) in [7, 11) is 0. The zero-order valence-corrected chi connectivity index (χ0v) is 11.4. The fourth-order valence-corrected chi connectivity index (χ4v) is 2.28. The molecule has 1 aliphatic rings. The molecule has 0 aromatic carbocycles. The van der Waals surface area contributed by atoms with Crippen molar-refractivity contribution in [2.45, 2.75) is 20.3 Å². The lowest BCUT2D eigenvalue weighted by Crippen LogP contribution is -2.50. The normalized spacial score (nSPS) is 17.3. The minimum atomic E-state index is -0.184. The summed E-state index contributed by atoms with van der Waals surface area (Å²) in [5, 5.41) is 13.1. The Morgan fingerprint density at radius 3 is 2.67 bits per heavy atom. The van der Waals surface area contributed by atoms with Crippen molar-refractivity contribution in [2.24, 2.45) is 5.41 Å². The number of anilines is 1. The second kappa shape index (κ2) is 5.38. The minimum absolute atomic E-state index is 0.110. The van der Waals surface area contributed by atoms with E-state index in [1.54, 1.807) is 0 Å². The van der Waals surface area contributed by atoms with Crippen molar-refractivity contribution in [3.8, 4) is 0 Å². The maximum atomic E-state index is 9.37. The average Bonchev–Trinajstić information content (AvgIpc) is 2.27. The van der Waals surface area contributed by atoms with Gasteiger partial charge in [-0.15, -0.1) is 0 Å². The molecule has 0 aliphatic carbocycles. The Morgan fingerprint density at radius 2 is 2.17 bits per heavy atom. The number of rotatable bonds is 5. The van der Waals surface area contributed by atoms with Crippen molar-refractivity contribution in [2.75, 3.05) is 31.7 Å². The molecule has 1 fully saturated rings. The van der Waals surface area contributed by atoms with Gasteiger partial charge in [0, 0.05) is 12.1 Å². The molecule has 1 aromatic heterocycles. The van der Waals surface area contributed by atoms with E-state index in [2.05, 4.69) is 15.3 Å². The highest BCUT2D eigenvalue weighted by Gasteiger charge is 2.38. The topological polar surface area (TPSA) is 67.3 Å². The highest BCUT2D eigenvalue weighted by atomic mass is 35.5. The predicted octanol–water partition coefficient (Wildman–Crippen LogP) is 1.42. The van der Waals surface area contributed by atoms with Crippen LogP contribution in [0.1, 0.15) is 18.3 Å². The van der Waals surface area contributed by atoms with Gasteiger partial charge in [0.05, 0.1) is 25.2 Å². The first-order valence-electron chi connectivity index (χ1n) is 6.06. The number of nitrogens with one attached hydrogen (secondary N) is 1. The molecular weight excluding hydrogens is 254 g/mol. The van der Waals surface area contributed by atoms with Crippen molar-refractivity contribution in [1.29, 1.82) is 0 Å². The van der Waals surface area contributed by atoms with Gasteiger partial charge in [-0.1, -0.05) is 18.5 Å². The van der Waals surface area contributed by atoms with Crippen LogP contribution >= 0.6 is 11.6 Å². The number of hydrogen-bond donors (Lipinski definition) is 2. The molecule has 0 radical (unpaired) electrons. The number of aliphatic hydroxyl groups is 1. The third-order valence-corrected chi connectivity index (χ3v) is 3.52. The first-order chi connectivity index (χ1) is 8.60. The number of aryl methyl sites for hydroxylation is 1. The van der Waals surface area contributed by atoms with E-state index in [9.17, 15) is 5.11 Å². The Balaban J connectivity index is 2.13. The van der Waals surface area contributed by atoms with Crippen LogP contribution in [0.5, 0.6) is 0 Å². The highest BCUT2D eigenvalue weighted by Crippen LogP contribution is 2.28. The van der Waals surface area contributed by atoms with E-state index < -0.39 is 0 Å². The average molecular weight is 272 g/mol. The summed E-state index contributed by atoms with van der Waals surface area (Å²) in [6.07, 6.45) is 0.768. The summed E-state index contributed by atoms with van der Waals surface area (Å²) >= 11 is 6.10. The summed E-state index contributed by atoms with van der Waals surface area (Å²) < 4.78 is 5.16. The fourth-order valence-electron chi connectivity index (χ4n) is 1.93. The second-order valence-corrected chi connectivity index (χ2v) is 5.10. The van der Waals surface area contributed by atoms with Gasteiger partial charge in [0.2, 0.25) is 0 Å². The summed E-state index contributed by atoms with van der Waals surface area (Å²) in [6.45, 7) is 5.72. The van der Waals surface area contributed by atoms with Crippen molar-refractivity contribution in [1.82, 2.24) is 9.97 Å². The van der Waals surface area contributed by atoms with Gasteiger partial charge < -0.3 is 15.2 Å². The van der Waals surface area contributed by atoms with E-state index in [1.807, 2.05) is 13.8 Å². The summed E-state index contributed by atoms with van der Waals surface area (Å²) in [6, 6.07) is 0. The Labute approximate surface area is 112 Å². The lowest BCUT2D eigenvalue weighted by molar-refractivity contribution is -0.128. The van der Waals surface area contributed by atoms with Crippen LogP contribution in [0.3, 0.4) is 0 Å². The molecule has 2 rings (SSSR count). The first kappa shape index (κ1) is 13.5. The van der Waals surface area contributed by atoms with E-state index in [4.69, 9.17) is 16.3 Å². The molecular formula is C12H18ClN3O2. The molecule has 0 amide bonds. The van der Waals surface area contributed by atoms with E-state index in [-0.39, 0.29) is 12.0 Å². The lowest BCUT2D eigenvalue weighted by atomic mass is 9.87. The monoisotopic (exact) mass is 271 g/mol. The molecule has 5 nitrogen and oxygen atoms in total. The van der Waals surface area contributed by atoms with Crippen molar-refractivity contribution in [3.63, 3.8) is 0 Å². The van der Waals surface area contributed by atoms with Gasteiger partial charge in [0.25, 0.3) is 0 Å². The van der Waals surface area contributed by atoms with Gasteiger partial charge in [-0.25, -0.2) is 9.97 Å². The van der Waals surface area contributed by atoms with Crippen molar-refractivity contribution < 1.29 is 9.84 Å². The third kappa shape index (κ3) is 2.58. The molecule has 0 saturated carbocycles. The predicted molar refractivity (Wildman–Crippen MR) is 70.0 cm³/mol. The Bertz CT molecular complexity index is 430. The number of aromatic nitrogens is 2. The van der Waals surface area contributed by atoms with Crippen LogP contribution in [0, 0.1) is 12.3 Å². The van der Waals surface area contributed by atoms with Gasteiger partial charge in [-0.2, -0.15) is 0 Å². The highest BCUT2D eigenvalue weighted by molar-refractivity contribution is 6.30. The Hall–Kier alpha value is -0.910. The van der Waals surface area contributed by atoms with Gasteiger partial charge in [-0.3, -0.25) is 0 Å². The van der Waals surface area contributed by atoms with Crippen molar-refractivity contribution in [3.05, 3.63) is 16.5 Å². The molecule has 1 aliphatic heterocycles. The summed E-state index contributed by atoms with van der Waals surface area (Å²) in [5.74, 6) is 1.40. The molecule has 0 spiro atoms. The number of aliphatic hydroxyl groups excluding tert-OH is 1. The molecule has 100 valence electrons. The molecule has 0 bridgehead atoms.